The molecule has 0 fully saturated rings. The zero-order chi connectivity index (χ0) is 22.7. The second-order valence-electron chi connectivity index (χ2n) is 7.42. The summed E-state index contributed by atoms with van der Waals surface area (Å²) < 4.78 is 23.8. The lowest BCUT2D eigenvalue weighted by atomic mass is 9.98. The van der Waals surface area contributed by atoms with Gasteiger partial charge in [-0.3, -0.25) is 9.59 Å². The van der Waals surface area contributed by atoms with Crippen molar-refractivity contribution >= 4 is 17.5 Å². The summed E-state index contributed by atoms with van der Waals surface area (Å²) >= 11 is 0. The summed E-state index contributed by atoms with van der Waals surface area (Å²) in [5.74, 6) is -0.247. The number of halogens is 1. The third-order valence-electron chi connectivity index (χ3n) is 5.30. The molecule has 0 saturated heterocycles. The van der Waals surface area contributed by atoms with Crippen molar-refractivity contribution in [2.24, 2.45) is 5.10 Å². The molecule has 0 bridgehead atoms. The van der Waals surface area contributed by atoms with Crippen molar-refractivity contribution in [2.75, 3.05) is 20.7 Å². The van der Waals surface area contributed by atoms with Gasteiger partial charge >= 0.3 is 0 Å². The average Bonchev–Trinajstić information content (AvgIpc) is 3.50. The zero-order valence-corrected chi connectivity index (χ0v) is 17.7. The Hall–Kier alpha value is -3.94. The molecule has 2 heterocycles. The van der Waals surface area contributed by atoms with Crippen molar-refractivity contribution in [2.45, 2.75) is 12.5 Å². The highest BCUT2D eigenvalue weighted by Crippen LogP contribution is 2.33. The van der Waals surface area contributed by atoms with Gasteiger partial charge in [-0.2, -0.15) is 5.10 Å². The van der Waals surface area contributed by atoms with Gasteiger partial charge in [0.25, 0.3) is 11.8 Å². The molecule has 1 aromatic heterocycles. The fraction of sp³-hybridized carbons (Fsp3) is 0.208. The normalized spacial score (nSPS) is 15.4. The number of hydrogen-bond donors (Lipinski definition) is 0. The van der Waals surface area contributed by atoms with Crippen LogP contribution in [-0.2, 0) is 4.79 Å². The second-order valence-corrected chi connectivity index (χ2v) is 7.42. The number of amides is 2. The zero-order valence-electron chi connectivity index (χ0n) is 17.7. The molecular formula is C24H22FN3O4. The fourth-order valence-corrected chi connectivity index (χ4v) is 3.58. The van der Waals surface area contributed by atoms with Crippen LogP contribution in [-0.4, -0.2) is 48.1 Å². The van der Waals surface area contributed by atoms with E-state index < -0.39 is 11.9 Å². The Morgan fingerprint density at radius 3 is 2.50 bits per heavy atom. The molecule has 0 aliphatic carbocycles. The van der Waals surface area contributed by atoms with Gasteiger partial charge in [0.1, 0.15) is 18.1 Å². The fourth-order valence-electron chi connectivity index (χ4n) is 3.58. The van der Waals surface area contributed by atoms with Crippen molar-refractivity contribution in [3.8, 4) is 5.75 Å². The van der Waals surface area contributed by atoms with E-state index >= 15 is 0 Å². The highest BCUT2D eigenvalue weighted by molar-refractivity contribution is 6.03. The molecule has 0 radical (unpaired) electrons. The first-order valence-corrected chi connectivity index (χ1v) is 10.0. The van der Waals surface area contributed by atoms with Crippen LogP contribution in [0, 0.1) is 5.82 Å². The SMILES string of the molecule is COc1ccc(C2=NN(C(=O)CN(C)C(=O)c3ccco3)C(c3ccc(F)cc3)C2)cc1. The van der Waals surface area contributed by atoms with Gasteiger partial charge in [-0.15, -0.1) is 0 Å². The molecule has 1 atom stereocenters. The third-order valence-corrected chi connectivity index (χ3v) is 5.30. The van der Waals surface area contributed by atoms with E-state index in [0.717, 1.165) is 16.8 Å². The first-order valence-electron chi connectivity index (χ1n) is 10.0. The maximum Gasteiger partial charge on any atom is 0.289 e. The van der Waals surface area contributed by atoms with Gasteiger partial charge in [0, 0.05) is 13.5 Å². The molecule has 2 aromatic carbocycles. The maximum absolute atomic E-state index is 13.5. The Kier molecular flexibility index (Phi) is 6.02. The van der Waals surface area contributed by atoms with Crippen molar-refractivity contribution in [3.05, 3.63) is 89.6 Å². The predicted octanol–water partition coefficient (Wildman–Crippen LogP) is 3.88. The van der Waals surface area contributed by atoms with Crippen LogP contribution in [0.25, 0.3) is 0 Å². The van der Waals surface area contributed by atoms with E-state index in [1.54, 1.807) is 31.4 Å². The number of nitrogens with zero attached hydrogens (tertiary/aromatic N) is 3. The first-order chi connectivity index (χ1) is 15.5. The number of carbonyl (C=O) groups is 2. The number of furan rings is 1. The Bertz CT molecular complexity index is 1130. The van der Waals surface area contributed by atoms with Crippen LogP contribution in [0.3, 0.4) is 0 Å². The Morgan fingerprint density at radius 1 is 1.16 bits per heavy atom. The van der Waals surface area contributed by atoms with Gasteiger partial charge < -0.3 is 14.1 Å². The van der Waals surface area contributed by atoms with Crippen molar-refractivity contribution in [3.63, 3.8) is 0 Å². The molecule has 0 N–H and O–H groups in total. The van der Waals surface area contributed by atoms with E-state index in [1.165, 1.54) is 35.4 Å². The summed E-state index contributed by atoms with van der Waals surface area (Å²) in [6.45, 7) is -0.184. The monoisotopic (exact) mass is 435 g/mol. The average molecular weight is 435 g/mol. The van der Waals surface area contributed by atoms with Crippen LogP contribution >= 0.6 is 0 Å². The molecule has 0 spiro atoms. The molecule has 164 valence electrons. The highest BCUT2D eigenvalue weighted by atomic mass is 19.1. The van der Waals surface area contributed by atoms with Gasteiger partial charge in [-0.25, -0.2) is 9.40 Å². The predicted molar refractivity (Wildman–Crippen MR) is 116 cm³/mol. The Morgan fingerprint density at radius 2 is 1.88 bits per heavy atom. The summed E-state index contributed by atoms with van der Waals surface area (Å²) in [5.41, 5.74) is 2.33. The summed E-state index contributed by atoms with van der Waals surface area (Å²) in [6, 6.07) is 16.1. The summed E-state index contributed by atoms with van der Waals surface area (Å²) in [6.07, 6.45) is 1.86. The first kappa shape index (κ1) is 21.3. The van der Waals surface area contributed by atoms with Crippen LogP contribution in [0.1, 0.15) is 34.1 Å². The minimum absolute atomic E-state index is 0.152. The number of likely N-dealkylation sites (N-methyl/N-ethyl adjacent to an activating group) is 1. The van der Waals surface area contributed by atoms with E-state index in [4.69, 9.17) is 9.15 Å². The molecule has 1 aliphatic rings. The maximum atomic E-state index is 13.5. The van der Waals surface area contributed by atoms with Gasteiger partial charge in [-0.05, 0) is 59.7 Å². The lowest BCUT2D eigenvalue weighted by Gasteiger charge is -2.24. The molecule has 32 heavy (non-hydrogen) atoms. The quantitative estimate of drug-likeness (QED) is 0.589. The lowest BCUT2D eigenvalue weighted by Crippen LogP contribution is -2.39. The van der Waals surface area contributed by atoms with Gasteiger partial charge in [-0.1, -0.05) is 12.1 Å². The number of hydrazone groups is 1. The summed E-state index contributed by atoms with van der Waals surface area (Å²) in [5, 5.41) is 5.95. The van der Waals surface area contributed by atoms with E-state index in [0.29, 0.717) is 12.2 Å². The molecule has 7 nitrogen and oxygen atoms in total. The number of methoxy groups -OCH3 is 1. The van der Waals surface area contributed by atoms with Crippen molar-refractivity contribution in [1.82, 2.24) is 9.91 Å². The molecule has 2 amide bonds. The number of benzene rings is 2. The number of rotatable bonds is 6. The largest absolute Gasteiger partial charge is 0.497 e. The van der Waals surface area contributed by atoms with E-state index in [9.17, 15) is 14.0 Å². The minimum atomic E-state index is -0.410. The second kappa shape index (κ2) is 9.05. The third kappa shape index (κ3) is 4.39. The Labute approximate surface area is 184 Å². The van der Waals surface area contributed by atoms with Crippen LogP contribution in [0.2, 0.25) is 0 Å². The minimum Gasteiger partial charge on any atom is -0.497 e. The number of ether oxygens (including phenoxy) is 1. The molecular weight excluding hydrogens is 413 g/mol. The van der Waals surface area contributed by atoms with Crippen LogP contribution in [0.4, 0.5) is 4.39 Å². The molecule has 0 saturated carbocycles. The van der Waals surface area contributed by atoms with E-state index in [2.05, 4.69) is 5.10 Å². The van der Waals surface area contributed by atoms with Gasteiger partial charge in [0.05, 0.1) is 25.1 Å². The lowest BCUT2D eigenvalue weighted by molar-refractivity contribution is -0.133. The standard InChI is InChI=1S/C24H22FN3O4/c1-27(24(30)22-4-3-13-32-22)15-23(29)28-21(17-5-9-18(25)10-6-17)14-20(26-28)16-7-11-19(31-2)12-8-16/h3-13,21H,14-15H2,1-2H3. The summed E-state index contributed by atoms with van der Waals surface area (Å²) in [7, 11) is 3.12. The van der Waals surface area contributed by atoms with Crippen molar-refractivity contribution < 1.29 is 23.1 Å². The molecule has 3 aromatic rings. The van der Waals surface area contributed by atoms with Crippen LogP contribution in [0.5, 0.6) is 5.75 Å². The molecule has 1 aliphatic heterocycles. The molecule has 1 unspecified atom stereocenters. The van der Waals surface area contributed by atoms with E-state index in [1.807, 2.05) is 24.3 Å². The van der Waals surface area contributed by atoms with E-state index in [-0.39, 0.29) is 24.0 Å². The summed E-state index contributed by atoms with van der Waals surface area (Å²) in [4.78, 5) is 26.9. The van der Waals surface area contributed by atoms with Crippen LogP contribution in [0.15, 0.2) is 76.4 Å². The highest BCUT2D eigenvalue weighted by Gasteiger charge is 2.34. The smallest absolute Gasteiger partial charge is 0.289 e. The molecule has 4 rings (SSSR count). The number of hydrogen-bond acceptors (Lipinski definition) is 5. The van der Waals surface area contributed by atoms with Gasteiger partial charge in [0.15, 0.2) is 5.76 Å². The number of carbonyl (C=O) groups excluding carboxylic acids is 2. The van der Waals surface area contributed by atoms with Crippen molar-refractivity contribution in [1.29, 1.82) is 0 Å². The Balaban J connectivity index is 1.59. The topological polar surface area (TPSA) is 75.3 Å². The molecule has 8 heteroatoms. The van der Waals surface area contributed by atoms with Crippen LogP contribution < -0.4 is 4.74 Å². The van der Waals surface area contributed by atoms with Gasteiger partial charge in [0.2, 0.25) is 0 Å².